The van der Waals surface area contributed by atoms with Crippen LogP contribution in [-0.2, 0) is 22.5 Å². The number of amides is 1. The minimum Gasteiger partial charge on any atom is -0.461 e. The van der Waals surface area contributed by atoms with Gasteiger partial charge in [-0.3, -0.25) is 4.79 Å². The molecule has 1 aliphatic rings. The number of carbonyl (C=O) groups excluding carboxylic acids is 2. The summed E-state index contributed by atoms with van der Waals surface area (Å²) in [6, 6.07) is 7.97. The van der Waals surface area contributed by atoms with Crippen LogP contribution >= 0.6 is 11.6 Å². The minimum atomic E-state index is -0.657. The Bertz CT molecular complexity index is 887. The van der Waals surface area contributed by atoms with Crippen LogP contribution in [-0.4, -0.2) is 45.6 Å². The van der Waals surface area contributed by atoms with Gasteiger partial charge in [0.1, 0.15) is 0 Å². The molecule has 6 nitrogen and oxygen atoms in total. The SMILES string of the molecule is CCOC(=O)c1nn(-c2ccc(C)cc2)c2c1CN(C(=O)C(C)(C)CCl)CC2. The second-order valence-corrected chi connectivity index (χ2v) is 8.00. The average Bonchev–Trinajstić information content (AvgIpc) is 3.07. The molecule has 0 saturated carbocycles. The zero-order valence-corrected chi connectivity index (χ0v) is 17.5. The third-order valence-corrected chi connectivity index (χ3v) is 5.67. The van der Waals surface area contributed by atoms with E-state index in [0.717, 1.165) is 22.5 Å². The van der Waals surface area contributed by atoms with E-state index in [4.69, 9.17) is 16.3 Å². The van der Waals surface area contributed by atoms with Gasteiger partial charge >= 0.3 is 5.97 Å². The van der Waals surface area contributed by atoms with E-state index >= 15 is 0 Å². The third-order valence-electron chi connectivity index (χ3n) is 5.00. The number of fused-ring (bicyclic) bond motifs is 1. The second kappa shape index (κ2) is 7.95. The molecule has 28 heavy (non-hydrogen) atoms. The van der Waals surface area contributed by atoms with Crippen LogP contribution in [0.25, 0.3) is 5.69 Å². The average molecular weight is 404 g/mol. The lowest BCUT2D eigenvalue weighted by molar-refractivity contribution is -0.140. The highest BCUT2D eigenvalue weighted by atomic mass is 35.5. The number of benzene rings is 1. The zero-order valence-electron chi connectivity index (χ0n) is 16.8. The first-order valence-electron chi connectivity index (χ1n) is 9.48. The van der Waals surface area contributed by atoms with Crippen molar-refractivity contribution in [1.82, 2.24) is 14.7 Å². The number of rotatable bonds is 5. The maximum absolute atomic E-state index is 12.9. The van der Waals surface area contributed by atoms with Gasteiger partial charge in [-0.2, -0.15) is 5.10 Å². The van der Waals surface area contributed by atoms with Crippen molar-refractivity contribution in [1.29, 1.82) is 0 Å². The molecule has 3 rings (SSSR count). The first-order chi connectivity index (χ1) is 13.3. The molecule has 0 saturated heterocycles. The fourth-order valence-electron chi connectivity index (χ4n) is 3.34. The summed E-state index contributed by atoms with van der Waals surface area (Å²) in [4.78, 5) is 27.2. The van der Waals surface area contributed by atoms with Crippen molar-refractivity contribution in [2.75, 3.05) is 19.0 Å². The summed E-state index contributed by atoms with van der Waals surface area (Å²) in [6.45, 7) is 8.61. The minimum absolute atomic E-state index is 0.0222. The van der Waals surface area contributed by atoms with Crippen LogP contribution in [0.5, 0.6) is 0 Å². The molecule has 0 bridgehead atoms. The van der Waals surface area contributed by atoms with Gasteiger partial charge in [-0.15, -0.1) is 11.6 Å². The molecule has 1 aliphatic heterocycles. The zero-order chi connectivity index (χ0) is 20.5. The second-order valence-electron chi connectivity index (χ2n) is 7.74. The van der Waals surface area contributed by atoms with E-state index in [1.165, 1.54) is 0 Å². The van der Waals surface area contributed by atoms with Gasteiger partial charge in [0.25, 0.3) is 0 Å². The number of esters is 1. The van der Waals surface area contributed by atoms with E-state index in [2.05, 4.69) is 5.10 Å². The van der Waals surface area contributed by atoms with Gasteiger partial charge in [-0.25, -0.2) is 9.48 Å². The van der Waals surface area contributed by atoms with E-state index < -0.39 is 11.4 Å². The molecule has 1 aromatic carbocycles. The molecule has 0 aliphatic carbocycles. The van der Waals surface area contributed by atoms with Crippen LogP contribution in [0, 0.1) is 12.3 Å². The van der Waals surface area contributed by atoms with Gasteiger partial charge in [0.15, 0.2) is 5.69 Å². The molecule has 0 unspecified atom stereocenters. The van der Waals surface area contributed by atoms with E-state index in [1.807, 2.05) is 45.0 Å². The molecule has 1 amide bonds. The summed E-state index contributed by atoms with van der Waals surface area (Å²) in [5.74, 6) is -0.246. The topological polar surface area (TPSA) is 64.4 Å². The summed E-state index contributed by atoms with van der Waals surface area (Å²) in [5.41, 5.74) is 3.35. The van der Waals surface area contributed by atoms with Gasteiger partial charge in [0, 0.05) is 31.0 Å². The highest BCUT2D eigenvalue weighted by molar-refractivity contribution is 6.19. The van der Waals surface area contributed by atoms with Crippen molar-refractivity contribution in [2.24, 2.45) is 5.41 Å². The predicted octanol–water partition coefficient (Wildman–Crippen LogP) is 3.51. The van der Waals surface area contributed by atoms with Crippen LogP contribution < -0.4 is 0 Å². The monoisotopic (exact) mass is 403 g/mol. The van der Waals surface area contributed by atoms with Crippen LogP contribution in [0.4, 0.5) is 0 Å². The number of nitrogens with zero attached hydrogens (tertiary/aromatic N) is 3. The quantitative estimate of drug-likeness (QED) is 0.566. The van der Waals surface area contributed by atoms with Crippen LogP contribution in [0.3, 0.4) is 0 Å². The van der Waals surface area contributed by atoms with Gasteiger partial charge in [-0.05, 0) is 39.8 Å². The Morgan fingerprint density at radius 2 is 1.93 bits per heavy atom. The van der Waals surface area contributed by atoms with Gasteiger partial charge in [0.2, 0.25) is 5.91 Å². The van der Waals surface area contributed by atoms with Gasteiger partial charge in [0.05, 0.1) is 23.4 Å². The number of hydrogen-bond donors (Lipinski definition) is 0. The Hall–Kier alpha value is -2.34. The lowest BCUT2D eigenvalue weighted by Crippen LogP contribution is -2.44. The summed E-state index contributed by atoms with van der Waals surface area (Å²) in [6.07, 6.45) is 0.611. The van der Waals surface area contributed by atoms with Gasteiger partial charge in [-0.1, -0.05) is 17.7 Å². The Balaban J connectivity index is 2.03. The van der Waals surface area contributed by atoms with Crippen molar-refractivity contribution in [3.8, 4) is 5.69 Å². The molecule has 0 spiro atoms. The number of hydrogen-bond acceptors (Lipinski definition) is 4. The van der Waals surface area contributed by atoms with E-state index in [1.54, 1.807) is 16.5 Å². The number of halogens is 1. The molecule has 0 radical (unpaired) electrons. The van der Waals surface area contributed by atoms with Crippen LogP contribution in [0.15, 0.2) is 24.3 Å². The van der Waals surface area contributed by atoms with Crippen molar-refractivity contribution in [3.05, 3.63) is 46.8 Å². The largest absolute Gasteiger partial charge is 0.461 e. The number of aryl methyl sites for hydroxylation is 1. The molecule has 0 atom stereocenters. The molecule has 1 aromatic heterocycles. The van der Waals surface area contributed by atoms with Crippen molar-refractivity contribution in [2.45, 2.75) is 40.7 Å². The standard InChI is InChI=1S/C21H26ClN3O3/c1-5-28-19(26)18-16-12-24(20(27)21(3,4)13-22)11-10-17(16)25(23-18)15-8-6-14(2)7-9-15/h6-9H,5,10-13H2,1-4H3. The molecule has 0 fully saturated rings. The van der Waals surface area contributed by atoms with Crippen molar-refractivity contribution < 1.29 is 14.3 Å². The van der Waals surface area contributed by atoms with Crippen molar-refractivity contribution >= 4 is 23.5 Å². The maximum atomic E-state index is 12.9. The Morgan fingerprint density at radius 3 is 2.54 bits per heavy atom. The number of carbonyl (C=O) groups is 2. The molecular weight excluding hydrogens is 378 g/mol. The Labute approximate surface area is 170 Å². The van der Waals surface area contributed by atoms with Gasteiger partial charge < -0.3 is 9.64 Å². The van der Waals surface area contributed by atoms with Crippen molar-refractivity contribution in [3.63, 3.8) is 0 Å². The van der Waals surface area contributed by atoms with Crippen LogP contribution in [0.1, 0.15) is 48.1 Å². The maximum Gasteiger partial charge on any atom is 0.359 e. The number of aromatic nitrogens is 2. The normalized spacial score (nSPS) is 14.0. The fraction of sp³-hybridized carbons (Fsp3) is 0.476. The molecule has 7 heteroatoms. The van der Waals surface area contributed by atoms with Crippen LogP contribution in [0.2, 0.25) is 0 Å². The number of alkyl halides is 1. The lowest BCUT2D eigenvalue weighted by atomic mass is 9.92. The van der Waals surface area contributed by atoms with E-state index in [9.17, 15) is 9.59 Å². The molecule has 0 N–H and O–H groups in total. The highest BCUT2D eigenvalue weighted by Crippen LogP contribution is 2.29. The fourth-order valence-corrected chi connectivity index (χ4v) is 3.45. The lowest BCUT2D eigenvalue weighted by Gasteiger charge is -2.33. The summed E-state index contributed by atoms with van der Waals surface area (Å²) < 4.78 is 7.01. The number of ether oxygens (including phenoxy) is 1. The highest BCUT2D eigenvalue weighted by Gasteiger charge is 2.36. The summed E-state index contributed by atoms with van der Waals surface area (Å²) in [7, 11) is 0. The summed E-state index contributed by atoms with van der Waals surface area (Å²) >= 11 is 5.99. The predicted molar refractivity (Wildman–Crippen MR) is 108 cm³/mol. The van der Waals surface area contributed by atoms with E-state index in [-0.39, 0.29) is 24.1 Å². The summed E-state index contributed by atoms with van der Waals surface area (Å²) in [5, 5.41) is 4.56. The Kier molecular flexibility index (Phi) is 5.79. The van der Waals surface area contributed by atoms with E-state index in [0.29, 0.717) is 19.5 Å². The molecule has 2 aromatic rings. The Morgan fingerprint density at radius 1 is 1.25 bits per heavy atom. The first-order valence-corrected chi connectivity index (χ1v) is 10.0. The molecular formula is C21H26ClN3O3. The molecule has 150 valence electrons. The molecule has 2 heterocycles. The third kappa shape index (κ3) is 3.78. The first kappa shape index (κ1) is 20.4. The smallest absolute Gasteiger partial charge is 0.359 e.